The van der Waals surface area contributed by atoms with Crippen LogP contribution in [0.2, 0.25) is 0 Å². The summed E-state index contributed by atoms with van der Waals surface area (Å²) >= 11 is 0. The fraction of sp³-hybridized carbons (Fsp3) is 0.692. The summed E-state index contributed by atoms with van der Waals surface area (Å²) in [6.45, 7) is 9.98. The molecule has 3 rings (SSSR count). The van der Waals surface area contributed by atoms with Gasteiger partial charge in [-0.05, 0) is 52.5 Å². The molecule has 9 heteroatoms. The van der Waals surface area contributed by atoms with Crippen LogP contribution in [0.15, 0.2) is 30.3 Å². The number of nitrogens with one attached hydrogen (secondary N) is 2. The third-order valence-corrected chi connectivity index (χ3v) is 7.00. The van der Waals surface area contributed by atoms with Gasteiger partial charge in [-0.25, -0.2) is 4.79 Å². The molecular weight excluding hydrogens is 450 g/mol. The number of morpholine rings is 1. The molecule has 2 aliphatic rings. The van der Waals surface area contributed by atoms with Crippen LogP contribution in [-0.2, 0) is 30.2 Å². The van der Waals surface area contributed by atoms with E-state index in [1.165, 1.54) is 12.7 Å². The summed E-state index contributed by atoms with van der Waals surface area (Å²) in [5, 5.41) is 5.90. The van der Waals surface area contributed by atoms with E-state index in [1.54, 1.807) is 4.90 Å². The summed E-state index contributed by atoms with van der Waals surface area (Å²) in [5.74, 6) is -0.326. The lowest BCUT2D eigenvalue weighted by molar-refractivity contribution is -0.135. The first-order chi connectivity index (χ1) is 16.6. The molecule has 2 fully saturated rings. The standard InChI is InChI=1S/C26H41N3O6/c1-25(2)26(3,4)35-23(34-25)20(13-9-12-19-10-7-6-8-11-19)27-22(30)21(18-32-5)28-24(31)29-14-16-33-17-15-29/h6-8,10-11,20-21,23H,9,12-18H2,1-5H3,(H,27,30)(H,28,31)/t20-,21+/m0/s1. The third-order valence-electron chi connectivity index (χ3n) is 7.00. The summed E-state index contributed by atoms with van der Waals surface area (Å²) in [5.41, 5.74) is 0.203. The van der Waals surface area contributed by atoms with Gasteiger partial charge < -0.3 is 34.5 Å². The molecule has 0 saturated carbocycles. The maximum Gasteiger partial charge on any atom is 0.318 e. The Morgan fingerprint density at radius 1 is 1.06 bits per heavy atom. The minimum atomic E-state index is -0.839. The smallest absolute Gasteiger partial charge is 0.318 e. The van der Waals surface area contributed by atoms with Gasteiger partial charge in [-0.2, -0.15) is 0 Å². The zero-order chi connectivity index (χ0) is 25.5. The number of methoxy groups -OCH3 is 1. The molecule has 0 spiro atoms. The summed E-state index contributed by atoms with van der Waals surface area (Å²) < 4.78 is 23.1. The van der Waals surface area contributed by atoms with Gasteiger partial charge in [-0.15, -0.1) is 0 Å². The summed E-state index contributed by atoms with van der Waals surface area (Å²) in [7, 11) is 1.51. The van der Waals surface area contributed by atoms with E-state index < -0.39 is 23.5 Å². The van der Waals surface area contributed by atoms with Crippen molar-refractivity contribution in [3.05, 3.63) is 35.9 Å². The Bertz CT molecular complexity index is 810. The topological polar surface area (TPSA) is 98.4 Å². The highest BCUT2D eigenvalue weighted by atomic mass is 16.7. The number of carbonyl (C=O) groups excluding carboxylic acids is 2. The van der Waals surface area contributed by atoms with Crippen molar-refractivity contribution in [2.24, 2.45) is 0 Å². The quantitative estimate of drug-likeness (QED) is 0.522. The predicted molar refractivity (Wildman–Crippen MR) is 132 cm³/mol. The zero-order valence-corrected chi connectivity index (χ0v) is 21.7. The van der Waals surface area contributed by atoms with Gasteiger partial charge >= 0.3 is 6.03 Å². The molecule has 2 heterocycles. The van der Waals surface area contributed by atoms with Gasteiger partial charge in [0, 0.05) is 20.2 Å². The molecule has 2 N–H and O–H groups in total. The molecule has 3 amide bonds. The second-order valence-corrected chi connectivity index (χ2v) is 10.2. The van der Waals surface area contributed by atoms with Crippen molar-refractivity contribution in [3.8, 4) is 0 Å². The van der Waals surface area contributed by atoms with Gasteiger partial charge in [0.2, 0.25) is 5.91 Å². The average molecular weight is 492 g/mol. The molecular formula is C26H41N3O6. The Morgan fingerprint density at radius 2 is 1.69 bits per heavy atom. The van der Waals surface area contributed by atoms with Crippen LogP contribution in [0, 0.1) is 0 Å². The maximum absolute atomic E-state index is 13.3. The largest absolute Gasteiger partial charge is 0.382 e. The molecule has 9 nitrogen and oxygen atoms in total. The summed E-state index contributed by atoms with van der Waals surface area (Å²) in [6, 6.07) is 8.71. The number of amides is 3. The maximum atomic E-state index is 13.3. The molecule has 196 valence electrons. The predicted octanol–water partition coefficient (Wildman–Crippen LogP) is 2.48. The van der Waals surface area contributed by atoms with Crippen LogP contribution in [0.3, 0.4) is 0 Å². The van der Waals surface area contributed by atoms with Crippen LogP contribution in [0.5, 0.6) is 0 Å². The van der Waals surface area contributed by atoms with Gasteiger partial charge in [0.1, 0.15) is 6.04 Å². The lowest BCUT2D eigenvalue weighted by atomic mass is 9.90. The number of urea groups is 1. The van der Waals surface area contributed by atoms with Crippen molar-refractivity contribution in [1.82, 2.24) is 15.5 Å². The Balaban J connectivity index is 1.67. The Morgan fingerprint density at radius 3 is 2.29 bits per heavy atom. The normalized spacial score (nSPS) is 21.3. The number of nitrogens with zero attached hydrogens (tertiary/aromatic N) is 1. The minimum absolute atomic E-state index is 0.0576. The monoisotopic (exact) mass is 491 g/mol. The first-order valence-electron chi connectivity index (χ1n) is 12.4. The average Bonchev–Trinajstić information content (AvgIpc) is 3.05. The van der Waals surface area contributed by atoms with Gasteiger partial charge in [0.05, 0.1) is 37.1 Å². The number of carbonyl (C=O) groups is 2. The molecule has 0 unspecified atom stereocenters. The number of hydrogen-bond acceptors (Lipinski definition) is 6. The number of ether oxygens (including phenoxy) is 4. The van der Waals surface area contributed by atoms with Gasteiger partial charge in [-0.1, -0.05) is 30.3 Å². The Kier molecular flexibility index (Phi) is 9.52. The fourth-order valence-corrected chi connectivity index (χ4v) is 4.14. The number of benzene rings is 1. The molecule has 0 radical (unpaired) electrons. The number of aryl methyl sites for hydroxylation is 1. The van der Waals surface area contributed by atoms with E-state index in [-0.39, 0.29) is 24.6 Å². The fourth-order valence-electron chi connectivity index (χ4n) is 4.14. The van der Waals surface area contributed by atoms with Crippen molar-refractivity contribution in [2.75, 3.05) is 40.0 Å². The molecule has 0 aliphatic carbocycles. The SMILES string of the molecule is COC[C@@H](NC(=O)N1CCOCC1)C(=O)N[C@@H](CCCc1ccccc1)C1OC(C)(C)C(C)(C)O1. The molecule has 2 saturated heterocycles. The highest BCUT2D eigenvalue weighted by Gasteiger charge is 2.51. The molecule has 2 aliphatic heterocycles. The highest BCUT2D eigenvalue weighted by Crippen LogP contribution is 2.39. The summed E-state index contributed by atoms with van der Waals surface area (Å²) in [4.78, 5) is 27.7. The second-order valence-electron chi connectivity index (χ2n) is 10.2. The van der Waals surface area contributed by atoms with E-state index in [9.17, 15) is 9.59 Å². The van der Waals surface area contributed by atoms with Gasteiger partial charge in [-0.3, -0.25) is 4.79 Å². The first kappa shape index (κ1) is 27.4. The van der Waals surface area contributed by atoms with E-state index in [2.05, 4.69) is 22.8 Å². The second kappa shape index (κ2) is 12.2. The molecule has 0 aromatic heterocycles. The summed E-state index contributed by atoms with van der Waals surface area (Å²) in [6.07, 6.45) is 1.78. The van der Waals surface area contributed by atoms with Crippen molar-refractivity contribution in [3.63, 3.8) is 0 Å². The Labute approximate surface area is 208 Å². The highest BCUT2D eigenvalue weighted by molar-refractivity contribution is 5.87. The lowest BCUT2D eigenvalue weighted by Crippen LogP contribution is -2.57. The number of rotatable bonds is 10. The van der Waals surface area contributed by atoms with Crippen LogP contribution in [0.4, 0.5) is 4.79 Å². The molecule has 1 aromatic carbocycles. The van der Waals surface area contributed by atoms with E-state index in [0.717, 1.165) is 12.8 Å². The van der Waals surface area contributed by atoms with E-state index in [1.807, 2.05) is 45.9 Å². The van der Waals surface area contributed by atoms with Crippen molar-refractivity contribution in [1.29, 1.82) is 0 Å². The van der Waals surface area contributed by atoms with Crippen molar-refractivity contribution in [2.45, 2.75) is 76.5 Å². The third kappa shape index (κ3) is 7.39. The van der Waals surface area contributed by atoms with Crippen LogP contribution in [0.1, 0.15) is 46.1 Å². The van der Waals surface area contributed by atoms with Crippen LogP contribution in [-0.4, -0.2) is 86.4 Å². The minimum Gasteiger partial charge on any atom is -0.382 e. The van der Waals surface area contributed by atoms with Crippen LogP contribution in [0.25, 0.3) is 0 Å². The van der Waals surface area contributed by atoms with E-state index in [0.29, 0.717) is 32.7 Å². The van der Waals surface area contributed by atoms with Gasteiger partial charge in [0.25, 0.3) is 0 Å². The first-order valence-corrected chi connectivity index (χ1v) is 12.4. The van der Waals surface area contributed by atoms with Crippen molar-refractivity contribution < 1.29 is 28.5 Å². The van der Waals surface area contributed by atoms with E-state index in [4.69, 9.17) is 18.9 Å². The van der Waals surface area contributed by atoms with Crippen LogP contribution < -0.4 is 10.6 Å². The molecule has 0 bridgehead atoms. The van der Waals surface area contributed by atoms with Crippen molar-refractivity contribution >= 4 is 11.9 Å². The Hall–Kier alpha value is -2.20. The van der Waals surface area contributed by atoms with Gasteiger partial charge in [0.15, 0.2) is 6.29 Å². The zero-order valence-electron chi connectivity index (χ0n) is 21.7. The van der Waals surface area contributed by atoms with E-state index >= 15 is 0 Å². The molecule has 1 aromatic rings. The molecule has 35 heavy (non-hydrogen) atoms. The van der Waals surface area contributed by atoms with Crippen LogP contribution >= 0.6 is 0 Å². The molecule has 2 atom stereocenters. The number of hydrogen-bond donors (Lipinski definition) is 2. The lowest BCUT2D eigenvalue weighted by Gasteiger charge is -2.30.